The molecule has 4 N–H and O–H groups in total. The number of allylic oxidation sites excluding steroid dienone is 2. The number of hydrogen-bond donors (Lipinski definition) is 4. The monoisotopic (exact) mass is 910 g/mol. The number of nitrogens with one attached hydrogen (secondary N) is 4. The van der Waals surface area contributed by atoms with Crippen LogP contribution in [-0.4, -0.2) is 109 Å². The molecule has 2 aliphatic heterocycles. The Morgan fingerprint density at radius 1 is 0.544 bits per heavy atom. The number of hydrogen-bond acceptors (Lipinski definition) is 8. The molecular weight excluding hydrogens is 849 g/mol. The predicted molar refractivity (Wildman–Crippen MR) is 272 cm³/mol. The molecule has 68 heavy (non-hydrogen) atoms. The molecule has 0 aromatic heterocycles. The molecule has 12 nitrogen and oxygen atoms in total. The van der Waals surface area contributed by atoms with E-state index in [4.69, 9.17) is 0 Å². The Morgan fingerprint density at radius 2 is 1.00 bits per heavy atom. The second-order valence-corrected chi connectivity index (χ2v) is 18.2. The van der Waals surface area contributed by atoms with Gasteiger partial charge in [0.25, 0.3) is 11.8 Å². The minimum absolute atomic E-state index is 0.0329. The van der Waals surface area contributed by atoms with E-state index in [0.717, 1.165) is 46.5 Å². The zero-order valence-electron chi connectivity index (χ0n) is 39.4. The lowest BCUT2D eigenvalue weighted by Crippen LogP contribution is -2.45. The number of benzene rings is 5. The molecule has 3 aliphatic rings. The van der Waals surface area contributed by atoms with Gasteiger partial charge in [0, 0.05) is 61.0 Å². The third-order valence-electron chi connectivity index (χ3n) is 13.2. The highest BCUT2D eigenvalue weighted by Gasteiger charge is 2.43. The van der Waals surface area contributed by atoms with Crippen molar-refractivity contribution in [1.82, 2.24) is 24.9 Å². The van der Waals surface area contributed by atoms with E-state index >= 15 is 0 Å². The van der Waals surface area contributed by atoms with Crippen molar-refractivity contribution in [2.45, 2.75) is 62.9 Å². The van der Waals surface area contributed by atoms with Crippen molar-refractivity contribution in [3.8, 4) is 0 Å². The number of likely N-dealkylation sites (tertiary alicyclic amines) is 2. The molecule has 0 radical (unpaired) electrons. The molecule has 0 spiro atoms. The van der Waals surface area contributed by atoms with Gasteiger partial charge < -0.3 is 40.9 Å². The van der Waals surface area contributed by atoms with Gasteiger partial charge in [-0.25, -0.2) is 0 Å². The summed E-state index contributed by atoms with van der Waals surface area (Å²) in [5, 5.41) is 13.1. The van der Waals surface area contributed by atoms with E-state index < -0.39 is 12.1 Å². The first-order valence-corrected chi connectivity index (χ1v) is 23.5. The SMILES string of the molecule is CN(C)[C@H]1C[C@@H](C(=O)Nc2ccc(/C=C/c3ccc(NC(=O)[C@@H]4C[C@H](N(C)C)CN4C(=O)c4ccccc4NCc4ccccc4)cc3)cc2)N(C(=O)C2=CCCC=C2NCc2ccccc2)C1. The van der Waals surface area contributed by atoms with Crippen LogP contribution >= 0.6 is 0 Å². The Labute approximate surface area is 400 Å². The summed E-state index contributed by atoms with van der Waals surface area (Å²) in [7, 11) is 7.93. The van der Waals surface area contributed by atoms with Gasteiger partial charge in [0.15, 0.2) is 0 Å². The molecule has 12 heteroatoms. The molecule has 5 aromatic carbocycles. The number of carbonyl (C=O) groups is 4. The molecule has 5 aromatic rings. The maximum Gasteiger partial charge on any atom is 0.256 e. The molecular formula is C56H62N8O4. The lowest BCUT2D eigenvalue weighted by Gasteiger charge is -2.27. The first-order chi connectivity index (χ1) is 33.0. The summed E-state index contributed by atoms with van der Waals surface area (Å²) < 4.78 is 0. The number of anilines is 3. The number of rotatable bonds is 16. The highest BCUT2D eigenvalue weighted by molar-refractivity contribution is 6.05. The van der Waals surface area contributed by atoms with E-state index in [9.17, 15) is 19.2 Å². The van der Waals surface area contributed by atoms with E-state index in [1.54, 1.807) is 9.80 Å². The molecule has 0 saturated carbocycles. The number of nitrogens with zero attached hydrogens (tertiary/aromatic N) is 4. The van der Waals surface area contributed by atoms with Crippen LogP contribution in [0.15, 0.2) is 157 Å². The van der Waals surface area contributed by atoms with Crippen molar-refractivity contribution in [2.24, 2.45) is 0 Å². The molecule has 1 aliphatic carbocycles. The molecule has 0 bridgehead atoms. The van der Waals surface area contributed by atoms with Gasteiger partial charge in [-0.15, -0.1) is 0 Å². The quantitative estimate of drug-likeness (QED) is 0.0732. The molecule has 8 rings (SSSR count). The fourth-order valence-electron chi connectivity index (χ4n) is 9.09. The van der Waals surface area contributed by atoms with Gasteiger partial charge in [-0.2, -0.15) is 0 Å². The number of likely N-dealkylation sites (N-methyl/N-ethyl adjacent to an activating group) is 2. The molecule has 4 amide bonds. The maximum absolute atomic E-state index is 14.2. The third-order valence-corrected chi connectivity index (χ3v) is 13.2. The van der Waals surface area contributed by atoms with Crippen LogP contribution in [0.4, 0.5) is 17.1 Å². The predicted octanol–water partition coefficient (Wildman–Crippen LogP) is 8.12. The summed E-state index contributed by atoms with van der Waals surface area (Å²) in [6.45, 7) is 2.08. The van der Waals surface area contributed by atoms with Gasteiger partial charge in [-0.3, -0.25) is 19.2 Å². The Morgan fingerprint density at radius 3 is 1.51 bits per heavy atom. The topological polar surface area (TPSA) is 129 Å². The first kappa shape index (κ1) is 47.2. The molecule has 350 valence electrons. The summed E-state index contributed by atoms with van der Waals surface area (Å²) >= 11 is 0. The van der Waals surface area contributed by atoms with Crippen molar-refractivity contribution in [1.29, 1.82) is 0 Å². The second-order valence-electron chi connectivity index (χ2n) is 18.2. The van der Waals surface area contributed by atoms with E-state index in [-0.39, 0.29) is 35.7 Å². The Bertz CT molecular complexity index is 2640. The zero-order valence-corrected chi connectivity index (χ0v) is 39.4. The zero-order chi connectivity index (χ0) is 47.6. The van der Waals surface area contributed by atoms with Crippen LogP contribution < -0.4 is 21.3 Å². The fraction of sp³-hybridized carbons (Fsp3) is 0.286. The molecule has 4 atom stereocenters. The van der Waals surface area contributed by atoms with Gasteiger partial charge in [0.05, 0.1) is 11.1 Å². The number of carbonyl (C=O) groups excluding carboxylic acids is 4. The Balaban J connectivity index is 0.866. The second kappa shape index (κ2) is 22.0. The third kappa shape index (κ3) is 11.6. The maximum atomic E-state index is 14.2. The largest absolute Gasteiger partial charge is 0.381 e. The Kier molecular flexibility index (Phi) is 15.3. The van der Waals surface area contributed by atoms with Crippen LogP contribution in [0.3, 0.4) is 0 Å². The highest BCUT2D eigenvalue weighted by Crippen LogP contribution is 2.30. The van der Waals surface area contributed by atoms with Crippen LogP contribution in [0.1, 0.15) is 58.3 Å². The summed E-state index contributed by atoms with van der Waals surface area (Å²) in [4.78, 5) is 63.8. The van der Waals surface area contributed by atoms with Gasteiger partial charge in [-0.05, 0) is 113 Å². The van der Waals surface area contributed by atoms with Crippen molar-refractivity contribution >= 4 is 52.8 Å². The Hall–Kier alpha value is -7.28. The van der Waals surface area contributed by atoms with Crippen LogP contribution in [0, 0.1) is 0 Å². The van der Waals surface area contributed by atoms with Crippen molar-refractivity contribution in [2.75, 3.05) is 57.2 Å². The van der Waals surface area contributed by atoms with E-state index in [2.05, 4.69) is 49.3 Å². The first-order valence-electron chi connectivity index (χ1n) is 23.5. The smallest absolute Gasteiger partial charge is 0.256 e. The van der Waals surface area contributed by atoms with Crippen LogP contribution in [0.5, 0.6) is 0 Å². The number of amides is 4. The van der Waals surface area contributed by atoms with Crippen molar-refractivity contribution in [3.05, 3.63) is 185 Å². The summed E-state index contributed by atoms with van der Waals surface area (Å²) in [6, 6.07) is 41.7. The van der Waals surface area contributed by atoms with Gasteiger partial charge in [0.1, 0.15) is 12.1 Å². The molecule has 0 unspecified atom stereocenters. The molecule has 2 heterocycles. The summed E-state index contributed by atoms with van der Waals surface area (Å²) in [5.41, 5.74) is 8.10. The van der Waals surface area contributed by atoms with E-state index in [0.29, 0.717) is 61.5 Å². The highest BCUT2D eigenvalue weighted by atomic mass is 16.2. The average molecular weight is 911 g/mol. The van der Waals surface area contributed by atoms with Crippen LogP contribution in [-0.2, 0) is 27.5 Å². The summed E-state index contributed by atoms with van der Waals surface area (Å²) in [6.07, 6.45) is 10.7. The number of para-hydroxylation sites is 1. The van der Waals surface area contributed by atoms with Crippen molar-refractivity contribution < 1.29 is 19.2 Å². The summed E-state index contributed by atoms with van der Waals surface area (Å²) in [5.74, 6) is -0.747. The average Bonchev–Trinajstić information content (AvgIpc) is 4.03. The van der Waals surface area contributed by atoms with Crippen LogP contribution in [0.2, 0.25) is 0 Å². The fourth-order valence-corrected chi connectivity index (χ4v) is 9.09. The van der Waals surface area contributed by atoms with Gasteiger partial charge in [0.2, 0.25) is 11.8 Å². The van der Waals surface area contributed by atoms with E-state index in [1.165, 1.54) is 0 Å². The van der Waals surface area contributed by atoms with Crippen molar-refractivity contribution in [3.63, 3.8) is 0 Å². The normalized spacial score (nSPS) is 19.2. The van der Waals surface area contributed by atoms with Gasteiger partial charge in [-0.1, -0.05) is 121 Å². The molecule has 2 fully saturated rings. The minimum Gasteiger partial charge on any atom is -0.381 e. The minimum atomic E-state index is -0.642. The van der Waals surface area contributed by atoms with Gasteiger partial charge >= 0.3 is 0 Å². The lowest BCUT2D eigenvalue weighted by atomic mass is 10.0. The van der Waals surface area contributed by atoms with Crippen LogP contribution in [0.25, 0.3) is 12.2 Å². The standard InChI is InChI=1S/C56H62N8O4/c1-61(2)45-33-51(63(37-45)55(67)47-19-11-13-21-49(47)57-35-41-15-7-5-8-16-41)53(65)59-43-29-25-39(26-30-43)23-24-40-27-31-44(32-28-40)60-54(66)52-34-46(62(3)4)38-64(52)56(68)48-20-12-14-22-50(48)58-36-42-17-9-6-10-18-42/h5-11,13,15-32,45-46,51-52,57-58H,12,14,33-38H2,1-4H3,(H,59,65)(H,60,66)/b24-23+/t45-,46-,51-,52-/m0/s1. The molecule has 2 saturated heterocycles. The lowest BCUT2D eigenvalue weighted by molar-refractivity contribution is -0.133. The van der Waals surface area contributed by atoms with E-state index in [1.807, 2.05) is 168 Å².